The first-order chi connectivity index (χ1) is 25.2. The Morgan fingerprint density at radius 3 is 0.887 bits per heavy atom. The van der Waals surface area contributed by atoms with Crippen LogP contribution in [0.4, 0.5) is 45.5 Å². The van der Waals surface area contributed by atoms with Gasteiger partial charge in [0.25, 0.3) is 0 Å². The van der Waals surface area contributed by atoms with Crippen LogP contribution < -0.4 is 19.6 Å². The van der Waals surface area contributed by atoms with Gasteiger partial charge in [0.15, 0.2) is 12.3 Å². The van der Waals surface area contributed by atoms with Crippen LogP contribution in [0.1, 0.15) is 62.2 Å². The van der Waals surface area contributed by atoms with E-state index in [1.54, 1.807) is 0 Å². The molecule has 0 amide bonds. The molecule has 0 bridgehead atoms. The number of hydrogen-bond donors (Lipinski definition) is 0. The number of aryl methyl sites for hydroxylation is 11. The molecule has 8 heteroatoms. The van der Waals surface area contributed by atoms with Gasteiger partial charge in [-0.05, 0) is 166 Å². The van der Waals surface area contributed by atoms with Gasteiger partial charge in [-0.2, -0.15) is 0 Å². The second-order valence-electron chi connectivity index (χ2n) is 15.2. The van der Waals surface area contributed by atoms with E-state index in [4.69, 9.17) is 19.9 Å². The summed E-state index contributed by atoms with van der Waals surface area (Å²) in [5.74, 6) is 0. The summed E-state index contributed by atoms with van der Waals surface area (Å²) in [4.78, 5) is 29.5. The maximum atomic E-state index is 4.84. The summed E-state index contributed by atoms with van der Waals surface area (Å²) >= 11 is 0. The van der Waals surface area contributed by atoms with Crippen molar-refractivity contribution in [2.45, 2.75) is 88.5 Å². The highest BCUT2D eigenvalue weighted by molar-refractivity contribution is 5.95. The number of rotatable bonds is 5. The highest BCUT2D eigenvalue weighted by Gasteiger charge is 2.52. The van der Waals surface area contributed by atoms with Crippen molar-refractivity contribution >= 4 is 45.5 Å². The molecule has 268 valence electrons. The Morgan fingerprint density at radius 1 is 0.321 bits per heavy atom. The lowest BCUT2D eigenvalue weighted by atomic mass is 10.1. The van der Waals surface area contributed by atoms with Crippen LogP contribution in [-0.4, -0.2) is 32.3 Å². The molecule has 4 aromatic heterocycles. The molecule has 8 rings (SSSR count). The SMILES string of the molecule is Cc1ccc2c(c1)N(c1cc(C)nc(C)c1)C(C1N(c3cc(C)nc(C)c3)c3cc(C)c(C)cc3N1c1cc(C)nc(C)c1)N2c1cc(C)nc(C)c1. The number of benzene rings is 2. The Labute approximate surface area is 313 Å². The van der Waals surface area contributed by atoms with E-state index in [2.05, 4.69) is 175 Å². The normalized spacial score (nSPS) is 15.4. The van der Waals surface area contributed by atoms with Gasteiger partial charge >= 0.3 is 0 Å². The average Bonchev–Trinajstić information content (AvgIpc) is 3.55. The van der Waals surface area contributed by atoms with E-state index in [1.807, 2.05) is 0 Å². The first-order valence-electron chi connectivity index (χ1n) is 18.5. The fourth-order valence-electron chi connectivity index (χ4n) is 8.51. The quantitative estimate of drug-likeness (QED) is 0.176. The molecular formula is C45H48N8. The predicted octanol–water partition coefficient (Wildman–Crippen LogP) is 10.6. The van der Waals surface area contributed by atoms with E-state index in [-0.39, 0.29) is 12.3 Å². The van der Waals surface area contributed by atoms with Crippen LogP contribution >= 0.6 is 0 Å². The molecule has 8 nitrogen and oxygen atoms in total. The number of anilines is 8. The monoisotopic (exact) mass is 700 g/mol. The molecular weight excluding hydrogens is 653 g/mol. The van der Waals surface area contributed by atoms with E-state index < -0.39 is 0 Å². The summed E-state index contributed by atoms with van der Waals surface area (Å²) in [5, 5.41) is 0. The lowest BCUT2D eigenvalue weighted by Crippen LogP contribution is -2.58. The third-order valence-corrected chi connectivity index (χ3v) is 10.5. The third kappa shape index (κ3) is 5.96. The number of hydrogen-bond acceptors (Lipinski definition) is 8. The molecule has 0 saturated heterocycles. The van der Waals surface area contributed by atoms with Gasteiger partial charge in [-0.15, -0.1) is 0 Å². The second-order valence-corrected chi connectivity index (χ2v) is 15.2. The van der Waals surface area contributed by atoms with Crippen LogP contribution in [0.5, 0.6) is 0 Å². The topological polar surface area (TPSA) is 64.5 Å². The molecule has 2 aromatic carbocycles. The van der Waals surface area contributed by atoms with Crippen molar-refractivity contribution in [1.82, 2.24) is 19.9 Å². The zero-order valence-corrected chi connectivity index (χ0v) is 32.7. The number of fused-ring (bicyclic) bond motifs is 2. The Morgan fingerprint density at radius 2 is 0.585 bits per heavy atom. The second kappa shape index (κ2) is 12.7. The van der Waals surface area contributed by atoms with Crippen molar-refractivity contribution in [2.75, 3.05) is 19.6 Å². The molecule has 0 N–H and O–H groups in total. The lowest BCUT2D eigenvalue weighted by Gasteiger charge is -2.45. The lowest BCUT2D eigenvalue weighted by molar-refractivity contribution is 0.548. The van der Waals surface area contributed by atoms with Gasteiger partial charge in [0.1, 0.15) is 0 Å². The highest BCUT2D eigenvalue weighted by Crippen LogP contribution is 2.56. The molecule has 6 aromatic rings. The fourth-order valence-corrected chi connectivity index (χ4v) is 8.51. The Kier molecular flexibility index (Phi) is 8.24. The van der Waals surface area contributed by atoms with E-state index in [9.17, 15) is 0 Å². The Hall–Kier alpha value is -5.76. The number of nitrogens with zero attached hydrogens (tertiary/aromatic N) is 8. The third-order valence-electron chi connectivity index (χ3n) is 10.5. The molecule has 0 aliphatic carbocycles. The minimum atomic E-state index is -0.274. The van der Waals surface area contributed by atoms with Crippen LogP contribution in [0.2, 0.25) is 0 Å². The molecule has 0 saturated carbocycles. The van der Waals surface area contributed by atoms with E-state index in [0.717, 1.165) is 91.1 Å². The van der Waals surface area contributed by atoms with Crippen LogP contribution in [0, 0.1) is 76.2 Å². The van der Waals surface area contributed by atoms with Crippen LogP contribution in [0.25, 0.3) is 0 Å². The number of aromatic nitrogens is 4. The summed E-state index contributed by atoms with van der Waals surface area (Å²) in [6.07, 6.45) is -0.548. The zero-order valence-electron chi connectivity index (χ0n) is 32.7. The molecule has 1 atom stereocenters. The van der Waals surface area contributed by atoms with E-state index >= 15 is 0 Å². The summed E-state index contributed by atoms with van der Waals surface area (Å²) in [6, 6.07) is 29.4. The molecule has 2 aliphatic rings. The highest BCUT2D eigenvalue weighted by atomic mass is 15.5. The zero-order chi connectivity index (χ0) is 37.5. The van der Waals surface area contributed by atoms with Gasteiger partial charge in [-0.25, -0.2) is 0 Å². The largest absolute Gasteiger partial charge is 0.314 e. The summed E-state index contributed by atoms with van der Waals surface area (Å²) in [5.41, 5.74) is 20.6. The standard InChI is InChI=1S/C45H48N8/c1-25-12-13-40-41(14-25)51(37-19-30(6)47-31(7)20-37)44(50(40)36-17-28(4)46-29(5)18-36)45-52(38-21-32(8)48-33(9)22-38)42-15-26(2)27(3)16-43(42)53(45)39-23-34(10)49-35(11)24-39/h12-24,44-45H,1-11H3. The molecule has 2 aliphatic heterocycles. The van der Waals surface area contributed by atoms with Gasteiger partial charge in [-0.3, -0.25) is 19.9 Å². The fraction of sp³-hybridized carbons (Fsp3) is 0.289. The smallest absolute Gasteiger partial charge is 0.151 e. The maximum absolute atomic E-state index is 4.84. The molecule has 0 spiro atoms. The molecule has 0 radical (unpaired) electrons. The first kappa shape index (κ1) is 34.3. The summed E-state index contributed by atoms with van der Waals surface area (Å²) < 4.78 is 0. The molecule has 6 heterocycles. The molecule has 0 fully saturated rings. The Bertz CT molecular complexity index is 2270. The van der Waals surface area contributed by atoms with Crippen LogP contribution in [0.15, 0.2) is 78.9 Å². The van der Waals surface area contributed by atoms with E-state index in [0.29, 0.717) is 0 Å². The minimum Gasteiger partial charge on any atom is -0.314 e. The maximum Gasteiger partial charge on any atom is 0.151 e. The van der Waals surface area contributed by atoms with E-state index in [1.165, 1.54) is 16.7 Å². The van der Waals surface area contributed by atoms with Crippen molar-refractivity contribution < 1.29 is 0 Å². The predicted molar refractivity (Wildman–Crippen MR) is 218 cm³/mol. The summed E-state index contributed by atoms with van der Waals surface area (Å²) in [6.45, 7) is 23.3. The van der Waals surface area contributed by atoms with Crippen LogP contribution in [0.3, 0.4) is 0 Å². The molecule has 1 unspecified atom stereocenters. The van der Waals surface area contributed by atoms with Gasteiger partial charge < -0.3 is 19.6 Å². The van der Waals surface area contributed by atoms with Crippen molar-refractivity contribution in [3.63, 3.8) is 0 Å². The Balaban J connectivity index is 1.52. The van der Waals surface area contributed by atoms with Gasteiger partial charge in [0, 0.05) is 68.3 Å². The molecule has 53 heavy (non-hydrogen) atoms. The van der Waals surface area contributed by atoms with Crippen molar-refractivity contribution in [2.24, 2.45) is 0 Å². The summed E-state index contributed by atoms with van der Waals surface area (Å²) in [7, 11) is 0. The number of pyridine rings is 4. The van der Waals surface area contributed by atoms with Gasteiger partial charge in [0.2, 0.25) is 0 Å². The van der Waals surface area contributed by atoms with Crippen molar-refractivity contribution in [3.05, 3.63) is 141 Å². The minimum absolute atomic E-state index is 0.273. The van der Waals surface area contributed by atoms with Gasteiger partial charge in [-0.1, -0.05) is 6.07 Å². The van der Waals surface area contributed by atoms with Gasteiger partial charge in [0.05, 0.1) is 22.7 Å². The van der Waals surface area contributed by atoms with Crippen molar-refractivity contribution in [3.8, 4) is 0 Å². The first-order valence-corrected chi connectivity index (χ1v) is 18.5. The van der Waals surface area contributed by atoms with Crippen LogP contribution in [-0.2, 0) is 0 Å². The average molecular weight is 701 g/mol. The van der Waals surface area contributed by atoms with Crippen molar-refractivity contribution in [1.29, 1.82) is 0 Å².